The highest BCUT2D eigenvalue weighted by atomic mass is 16.1. The topological polar surface area (TPSA) is 75.9 Å². The van der Waals surface area contributed by atoms with Gasteiger partial charge in [-0.05, 0) is 31.4 Å². The molecule has 5 rings (SSSR count). The van der Waals surface area contributed by atoms with E-state index in [0.717, 1.165) is 35.3 Å². The van der Waals surface area contributed by atoms with Gasteiger partial charge in [-0.25, -0.2) is 14.5 Å². The van der Waals surface area contributed by atoms with Gasteiger partial charge in [-0.1, -0.05) is 44.0 Å². The quantitative estimate of drug-likeness (QED) is 0.603. The number of hydrogen-bond donors (Lipinski definition) is 1. The SMILES string of the molecule is CCc1nc(C2CCCC2)n2nc(-c3ccc4ccccc4n3)[nH]c(=O)c12. The highest BCUT2D eigenvalue weighted by molar-refractivity contribution is 5.80. The van der Waals surface area contributed by atoms with Crippen LogP contribution in [0.1, 0.15) is 50.0 Å². The molecule has 6 nitrogen and oxygen atoms in total. The van der Waals surface area contributed by atoms with Gasteiger partial charge < -0.3 is 4.98 Å². The van der Waals surface area contributed by atoms with Crippen LogP contribution in [0.25, 0.3) is 27.9 Å². The van der Waals surface area contributed by atoms with Crippen molar-refractivity contribution in [1.29, 1.82) is 0 Å². The van der Waals surface area contributed by atoms with Gasteiger partial charge in [0.15, 0.2) is 11.3 Å². The van der Waals surface area contributed by atoms with Crippen molar-refractivity contribution < 1.29 is 0 Å². The molecule has 1 aromatic carbocycles. The third-order valence-electron chi connectivity index (χ3n) is 5.49. The Morgan fingerprint density at radius 2 is 1.93 bits per heavy atom. The fourth-order valence-electron chi connectivity index (χ4n) is 4.10. The molecular formula is C21H21N5O. The molecule has 0 radical (unpaired) electrons. The maximum absolute atomic E-state index is 12.9. The molecule has 1 aliphatic carbocycles. The smallest absolute Gasteiger partial charge is 0.277 e. The van der Waals surface area contributed by atoms with Crippen molar-refractivity contribution in [2.45, 2.75) is 44.9 Å². The lowest BCUT2D eigenvalue weighted by molar-refractivity contribution is 0.639. The van der Waals surface area contributed by atoms with E-state index in [2.05, 4.69) is 9.97 Å². The van der Waals surface area contributed by atoms with Gasteiger partial charge in [-0.3, -0.25) is 4.79 Å². The Morgan fingerprint density at radius 3 is 2.74 bits per heavy atom. The Morgan fingerprint density at radius 1 is 1.11 bits per heavy atom. The highest BCUT2D eigenvalue weighted by Crippen LogP contribution is 2.34. The number of aromatic amines is 1. The minimum Gasteiger partial charge on any atom is -0.302 e. The molecule has 0 saturated heterocycles. The number of nitrogens with one attached hydrogen (secondary N) is 1. The van der Waals surface area contributed by atoms with E-state index in [9.17, 15) is 4.79 Å². The number of benzene rings is 1. The number of para-hydroxylation sites is 1. The molecule has 0 spiro atoms. The summed E-state index contributed by atoms with van der Waals surface area (Å²) in [5, 5.41) is 5.82. The predicted octanol–water partition coefficient (Wildman–Crippen LogP) is 3.85. The zero-order valence-electron chi connectivity index (χ0n) is 15.3. The molecule has 3 heterocycles. The third-order valence-corrected chi connectivity index (χ3v) is 5.49. The van der Waals surface area contributed by atoms with Crippen molar-refractivity contribution in [2.24, 2.45) is 0 Å². The molecule has 0 bridgehead atoms. The van der Waals surface area contributed by atoms with Crippen LogP contribution >= 0.6 is 0 Å². The monoisotopic (exact) mass is 359 g/mol. The van der Waals surface area contributed by atoms with Crippen LogP contribution in [-0.4, -0.2) is 24.6 Å². The molecule has 1 aliphatic rings. The maximum Gasteiger partial charge on any atom is 0.277 e. The fraction of sp³-hybridized carbons (Fsp3) is 0.333. The van der Waals surface area contributed by atoms with Crippen molar-refractivity contribution in [1.82, 2.24) is 24.6 Å². The van der Waals surface area contributed by atoms with Crippen molar-refractivity contribution in [3.05, 3.63) is 58.3 Å². The summed E-state index contributed by atoms with van der Waals surface area (Å²) in [5.41, 5.74) is 2.79. The zero-order chi connectivity index (χ0) is 18.4. The molecule has 4 aromatic rings. The Balaban J connectivity index is 1.73. The van der Waals surface area contributed by atoms with Gasteiger partial charge in [0.1, 0.15) is 11.5 Å². The van der Waals surface area contributed by atoms with Crippen LogP contribution < -0.4 is 5.56 Å². The number of nitrogens with zero attached hydrogens (tertiary/aromatic N) is 4. The molecule has 0 aliphatic heterocycles. The molecule has 1 N–H and O–H groups in total. The van der Waals surface area contributed by atoms with Crippen molar-refractivity contribution in [3.63, 3.8) is 0 Å². The normalized spacial score (nSPS) is 15.1. The van der Waals surface area contributed by atoms with E-state index in [1.54, 1.807) is 4.52 Å². The van der Waals surface area contributed by atoms with E-state index < -0.39 is 0 Å². The second-order valence-corrected chi connectivity index (χ2v) is 7.20. The Bertz CT molecular complexity index is 1200. The second kappa shape index (κ2) is 6.30. The molecule has 27 heavy (non-hydrogen) atoms. The van der Waals surface area contributed by atoms with Gasteiger partial charge >= 0.3 is 0 Å². The number of fused-ring (bicyclic) bond motifs is 2. The van der Waals surface area contributed by atoms with Gasteiger partial charge in [0.2, 0.25) is 0 Å². The molecule has 3 aromatic heterocycles. The summed E-state index contributed by atoms with van der Waals surface area (Å²) in [5.74, 6) is 1.79. The summed E-state index contributed by atoms with van der Waals surface area (Å²) < 4.78 is 1.78. The Hall–Kier alpha value is -3.02. The zero-order valence-corrected chi connectivity index (χ0v) is 15.3. The molecule has 1 saturated carbocycles. The number of aryl methyl sites for hydroxylation is 1. The number of pyridine rings is 1. The van der Waals surface area contributed by atoms with E-state index in [1.165, 1.54) is 12.8 Å². The van der Waals surface area contributed by atoms with E-state index in [4.69, 9.17) is 10.1 Å². The number of hydrogen-bond acceptors (Lipinski definition) is 4. The average Bonchev–Trinajstić information content (AvgIpc) is 3.35. The average molecular weight is 359 g/mol. The first-order valence-electron chi connectivity index (χ1n) is 9.62. The van der Waals surface area contributed by atoms with Gasteiger partial charge in [0.05, 0.1) is 11.2 Å². The highest BCUT2D eigenvalue weighted by Gasteiger charge is 2.25. The maximum atomic E-state index is 12.9. The summed E-state index contributed by atoms with van der Waals surface area (Å²) in [4.78, 5) is 25.3. The van der Waals surface area contributed by atoms with E-state index in [1.807, 2.05) is 43.3 Å². The largest absolute Gasteiger partial charge is 0.302 e. The van der Waals surface area contributed by atoms with Crippen molar-refractivity contribution in [3.8, 4) is 11.5 Å². The summed E-state index contributed by atoms with van der Waals surface area (Å²) in [6.07, 6.45) is 5.36. The first-order valence-corrected chi connectivity index (χ1v) is 9.62. The summed E-state index contributed by atoms with van der Waals surface area (Å²) >= 11 is 0. The van der Waals surface area contributed by atoms with Crippen LogP contribution in [0.4, 0.5) is 0 Å². The van der Waals surface area contributed by atoms with E-state index >= 15 is 0 Å². The standard InChI is InChI=1S/C21H21N5O/c1-2-15-18-21(27)24-19(17-12-11-13-7-5-6-10-16(13)22-17)25-26(18)20(23-15)14-8-3-4-9-14/h5-7,10-12,14H,2-4,8-9H2,1H3,(H,24,25,27). The van der Waals surface area contributed by atoms with Gasteiger partial charge in [-0.2, -0.15) is 0 Å². The predicted molar refractivity (Wildman–Crippen MR) is 105 cm³/mol. The molecule has 0 atom stereocenters. The molecule has 0 amide bonds. The minimum absolute atomic E-state index is 0.149. The lowest BCUT2D eigenvalue weighted by Gasteiger charge is -2.08. The van der Waals surface area contributed by atoms with Crippen LogP contribution in [0.2, 0.25) is 0 Å². The van der Waals surface area contributed by atoms with E-state index in [-0.39, 0.29) is 5.56 Å². The minimum atomic E-state index is -0.149. The fourth-order valence-corrected chi connectivity index (χ4v) is 4.10. The van der Waals surface area contributed by atoms with Crippen molar-refractivity contribution >= 4 is 16.4 Å². The van der Waals surface area contributed by atoms with Gasteiger partial charge in [0.25, 0.3) is 5.56 Å². The van der Waals surface area contributed by atoms with Gasteiger partial charge in [-0.15, -0.1) is 5.10 Å². The molecule has 136 valence electrons. The number of imidazole rings is 1. The van der Waals surface area contributed by atoms with Crippen LogP contribution in [0.15, 0.2) is 41.2 Å². The van der Waals surface area contributed by atoms with Crippen LogP contribution in [0.3, 0.4) is 0 Å². The number of rotatable bonds is 3. The summed E-state index contributed by atoms with van der Waals surface area (Å²) in [6, 6.07) is 11.8. The Labute approximate surface area is 156 Å². The summed E-state index contributed by atoms with van der Waals surface area (Å²) in [7, 11) is 0. The first kappa shape index (κ1) is 16.2. The van der Waals surface area contributed by atoms with Crippen LogP contribution in [-0.2, 0) is 6.42 Å². The second-order valence-electron chi connectivity index (χ2n) is 7.20. The third kappa shape index (κ3) is 2.63. The van der Waals surface area contributed by atoms with Crippen LogP contribution in [0, 0.1) is 0 Å². The molecule has 1 fully saturated rings. The molecule has 0 unspecified atom stereocenters. The number of H-pyrrole nitrogens is 1. The van der Waals surface area contributed by atoms with E-state index in [0.29, 0.717) is 29.4 Å². The van der Waals surface area contributed by atoms with Crippen LogP contribution in [0.5, 0.6) is 0 Å². The van der Waals surface area contributed by atoms with Gasteiger partial charge in [0, 0.05) is 11.3 Å². The first-order chi connectivity index (χ1) is 13.2. The van der Waals surface area contributed by atoms with Crippen molar-refractivity contribution in [2.75, 3.05) is 0 Å². The summed E-state index contributed by atoms with van der Waals surface area (Å²) in [6.45, 7) is 2.03. The molecule has 6 heteroatoms. The lowest BCUT2D eigenvalue weighted by atomic mass is 10.1. The lowest BCUT2D eigenvalue weighted by Crippen LogP contribution is -2.16. The Kier molecular flexibility index (Phi) is 3.77. The molecular weight excluding hydrogens is 338 g/mol. The number of aromatic nitrogens is 5.